The Kier molecular flexibility index (Phi) is 5.97. The Bertz CT molecular complexity index is 1130. The highest BCUT2D eigenvalue weighted by Gasteiger charge is 2.25. The Labute approximate surface area is 182 Å². The van der Waals surface area contributed by atoms with E-state index in [9.17, 15) is 19.3 Å². The Morgan fingerprint density at radius 2 is 1.87 bits per heavy atom. The van der Waals surface area contributed by atoms with E-state index in [1.807, 2.05) is 17.0 Å². The summed E-state index contributed by atoms with van der Waals surface area (Å²) >= 11 is 1.64. The van der Waals surface area contributed by atoms with Crippen molar-refractivity contribution in [1.29, 1.82) is 0 Å². The van der Waals surface area contributed by atoms with Crippen LogP contribution in [0.25, 0.3) is 10.4 Å². The number of anilines is 1. The molecular weight excluding hydrogens is 419 g/mol. The van der Waals surface area contributed by atoms with Crippen molar-refractivity contribution in [3.8, 4) is 10.4 Å². The largest absolute Gasteiger partial charge is 0.366 e. The number of piperazine rings is 1. The fraction of sp³-hybridized carbons (Fsp3) is 0.227. The first kappa shape index (κ1) is 21.0. The van der Waals surface area contributed by atoms with Crippen LogP contribution in [0.2, 0.25) is 0 Å². The van der Waals surface area contributed by atoms with E-state index < -0.39 is 10.8 Å². The van der Waals surface area contributed by atoms with E-state index in [1.165, 1.54) is 29.1 Å². The zero-order valence-corrected chi connectivity index (χ0v) is 17.5. The summed E-state index contributed by atoms with van der Waals surface area (Å²) in [5.41, 5.74) is 6.63. The summed E-state index contributed by atoms with van der Waals surface area (Å²) in [7, 11) is 0. The van der Waals surface area contributed by atoms with E-state index in [-0.39, 0.29) is 17.1 Å². The number of benzene rings is 2. The molecule has 31 heavy (non-hydrogen) atoms. The molecule has 7 nitrogen and oxygen atoms in total. The van der Waals surface area contributed by atoms with Crippen molar-refractivity contribution in [3.63, 3.8) is 0 Å². The lowest BCUT2D eigenvalue weighted by Crippen LogP contribution is -2.46. The molecule has 2 N–H and O–H groups in total. The first-order valence-electron chi connectivity index (χ1n) is 9.81. The van der Waals surface area contributed by atoms with Crippen LogP contribution in [-0.4, -0.2) is 41.9 Å². The van der Waals surface area contributed by atoms with Crippen molar-refractivity contribution < 1.29 is 14.1 Å². The molecule has 1 aromatic heterocycles. The number of nitrogens with zero attached hydrogens (tertiary/aromatic N) is 3. The van der Waals surface area contributed by atoms with Gasteiger partial charge in [-0.2, -0.15) is 0 Å². The van der Waals surface area contributed by atoms with Crippen LogP contribution in [0.15, 0.2) is 54.6 Å². The van der Waals surface area contributed by atoms with Crippen LogP contribution >= 0.6 is 11.3 Å². The minimum Gasteiger partial charge on any atom is -0.366 e. The number of carbonyl (C=O) groups excluding carboxylic acids is 1. The quantitative estimate of drug-likeness (QED) is 0.464. The van der Waals surface area contributed by atoms with Gasteiger partial charge in [-0.15, -0.1) is 11.3 Å². The monoisotopic (exact) mass is 440 g/mol. The summed E-state index contributed by atoms with van der Waals surface area (Å²) < 4.78 is 13.5. The third kappa shape index (κ3) is 4.73. The van der Waals surface area contributed by atoms with Crippen LogP contribution in [0, 0.1) is 15.9 Å². The molecule has 3 aromatic rings. The summed E-state index contributed by atoms with van der Waals surface area (Å²) in [6, 6.07) is 15.0. The summed E-state index contributed by atoms with van der Waals surface area (Å²) in [5, 5.41) is 11.5. The fourth-order valence-corrected chi connectivity index (χ4v) is 4.76. The predicted molar refractivity (Wildman–Crippen MR) is 119 cm³/mol. The molecule has 1 aliphatic heterocycles. The number of thiophene rings is 1. The normalized spacial score (nSPS) is 14.5. The third-order valence-electron chi connectivity index (χ3n) is 5.32. The summed E-state index contributed by atoms with van der Waals surface area (Å²) in [6.45, 7) is 3.55. The van der Waals surface area contributed by atoms with E-state index in [1.54, 1.807) is 23.5 Å². The highest BCUT2D eigenvalue weighted by atomic mass is 32.1. The zero-order chi connectivity index (χ0) is 22.0. The average Bonchev–Trinajstić information content (AvgIpc) is 3.22. The maximum absolute atomic E-state index is 13.5. The third-order valence-corrected chi connectivity index (χ3v) is 6.44. The van der Waals surface area contributed by atoms with E-state index in [0.29, 0.717) is 18.8 Å². The molecule has 1 amide bonds. The van der Waals surface area contributed by atoms with Crippen molar-refractivity contribution in [1.82, 2.24) is 4.90 Å². The minimum atomic E-state index is -0.687. The summed E-state index contributed by atoms with van der Waals surface area (Å²) in [6.07, 6.45) is 0. The fourth-order valence-electron chi connectivity index (χ4n) is 3.72. The van der Waals surface area contributed by atoms with E-state index in [0.717, 1.165) is 30.1 Å². The van der Waals surface area contributed by atoms with Gasteiger partial charge in [0.1, 0.15) is 11.5 Å². The van der Waals surface area contributed by atoms with Crippen LogP contribution in [-0.2, 0) is 6.54 Å². The molecular formula is C22H21FN4O3S. The van der Waals surface area contributed by atoms with Gasteiger partial charge in [-0.05, 0) is 42.0 Å². The second kappa shape index (κ2) is 8.83. The van der Waals surface area contributed by atoms with Crippen LogP contribution in [0.3, 0.4) is 0 Å². The second-order valence-electron chi connectivity index (χ2n) is 7.36. The van der Waals surface area contributed by atoms with Gasteiger partial charge in [0.2, 0.25) is 5.91 Å². The molecule has 0 saturated carbocycles. The van der Waals surface area contributed by atoms with Crippen molar-refractivity contribution >= 4 is 28.6 Å². The minimum absolute atomic E-state index is 0.109. The van der Waals surface area contributed by atoms with Gasteiger partial charge in [0, 0.05) is 54.1 Å². The highest BCUT2D eigenvalue weighted by molar-refractivity contribution is 7.15. The molecule has 0 bridgehead atoms. The summed E-state index contributed by atoms with van der Waals surface area (Å²) in [5.74, 6) is -0.936. The highest BCUT2D eigenvalue weighted by Crippen LogP contribution is 2.32. The topological polar surface area (TPSA) is 92.7 Å². The number of nitro benzene ring substituents is 1. The molecule has 0 unspecified atom stereocenters. The second-order valence-corrected chi connectivity index (χ2v) is 8.53. The van der Waals surface area contributed by atoms with Gasteiger partial charge >= 0.3 is 0 Å². The number of carbonyl (C=O) groups is 1. The van der Waals surface area contributed by atoms with Gasteiger partial charge in [0.15, 0.2) is 0 Å². The Hall–Kier alpha value is -3.30. The van der Waals surface area contributed by atoms with Crippen molar-refractivity contribution in [2.75, 3.05) is 31.1 Å². The SMILES string of the molecule is NC(=O)c1ccc(N2CCN(Cc3ccc(-c4cccc(F)c4)s3)CC2)c([N+](=O)[O-])c1. The molecule has 0 radical (unpaired) electrons. The molecule has 4 rings (SSSR count). The lowest BCUT2D eigenvalue weighted by molar-refractivity contribution is -0.384. The lowest BCUT2D eigenvalue weighted by Gasteiger charge is -2.35. The van der Waals surface area contributed by atoms with Crippen LogP contribution in [0.1, 0.15) is 15.2 Å². The number of nitro groups is 1. The molecule has 1 fully saturated rings. The van der Waals surface area contributed by atoms with E-state index in [4.69, 9.17) is 5.73 Å². The first-order chi connectivity index (χ1) is 14.9. The maximum Gasteiger partial charge on any atom is 0.293 e. The van der Waals surface area contributed by atoms with E-state index >= 15 is 0 Å². The van der Waals surface area contributed by atoms with Crippen molar-refractivity contribution in [3.05, 3.63) is 81.0 Å². The number of hydrogen-bond donors (Lipinski definition) is 1. The van der Waals surface area contributed by atoms with Crippen LogP contribution in [0.5, 0.6) is 0 Å². The van der Waals surface area contributed by atoms with Crippen molar-refractivity contribution in [2.45, 2.75) is 6.54 Å². The van der Waals surface area contributed by atoms with Gasteiger partial charge in [-0.25, -0.2) is 4.39 Å². The number of amides is 1. The molecule has 2 aromatic carbocycles. The number of rotatable bonds is 6. The van der Waals surface area contributed by atoms with Gasteiger partial charge < -0.3 is 10.6 Å². The Morgan fingerprint density at radius 3 is 2.55 bits per heavy atom. The smallest absolute Gasteiger partial charge is 0.293 e. The first-order valence-corrected chi connectivity index (χ1v) is 10.6. The Balaban J connectivity index is 1.41. The number of primary amides is 1. The predicted octanol–water partition coefficient (Wildman–Crippen LogP) is 3.88. The van der Waals surface area contributed by atoms with Gasteiger partial charge in [-0.1, -0.05) is 12.1 Å². The van der Waals surface area contributed by atoms with Crippen LogP contribution < -0.4 is 10.6 Å². The number of halogens is 1. The summed E-state index contributed by atoms with van der Waals surface area (Å²) in [4.78, 5) is 28.8. The molecule has 2 heterocycles. The zero-order valence-electron chi connectivity index (χ0n) is 16.7. The van der Waals surface area contributed by atoms with Crippen molar-refractivity contribution in [2.24, 2.45) is 5.73 Å². The molecule has 1 saturated heterocycles. The van der Waals surface area contributed by atoms with Crippen LogP contribution in [0.4, 0.5) is 15.8 Å². The maximum atomic E-state index is 13.5. The van der Waals surface area contributed by atoms with Gasteiger partial charge in [0.25, 0.3) is 5.69 Å². The average molecular weight is 441 g/mol. The molecule has 0 aliphatic carbocycles. The lowest BCUT2D eigenvalue weighted by atomic mass is 10.1. The molecule has 0 spiro atoms. The Morgan fingerprint density at radius 1 is 1.10 bits per heavy atom. The standard InChI is InChI=1S/C22H21FN4O3S/c23-17-3-1-2-15(12-17)21-7-5-18(31-21)14-25-8-10-26(11-9-25)19-6-4-16(22(24)28)13-20(19)27(29)30/h1-7,12-13H,8-11,14H2,(H2,24,28). The number of nitrogens with two attached hydrogens (primary N) is 1. The number of hydrogen-bond acceptors (Lipinski definition) is 6. The van der Waals surface area contributed by atoms with Gasteiger partial charge in [-0.3, -0.25) is 19.8 Å². The molecule has 1 aliphatic rings. The molecule has 9 heteroatoms. The van der Waals surface area contributed by atoms with Gasteiger partial charge in [0.05, 0.1) is 4.92 Å². The molecule has 0 atom stereocenters. The van der Waals surface area contributed by atoms with E-state index in [2.05, 4.69) is 11.0 Å². The molecule has 160 valence electrons.